The Hall–Kier alpha value is -3.49. The summed E-state index contributed by atoms with van der Waals surface area (Å²) in [6, 6.07) is 6.56. The van der Waals surface area contributed by atoms with Crippen molar-refractivity contribution in [2.45, 2.75) is 39.5 Å². The van der Waals surface area contributed by atoms with Crippen LogP contribution in [0.2, 0.25) is 0 Å². The second-order valence-corrected chi connectivity index (χ2v) is 9.61. The monoisotopic (exact) mass is 432 g/mol. The van der Waals surface area contributed by atoms with Crippen LogP contribution in [0, 0.1) is 12.8 Å². The summed E-state index contributed by atoms with van der Waals surface area (Å²) in [5, 5.41) is 11.3. The number of fused-ring (bicyclic) bond motifs is 1. The zero-order valence-electron chi connectivity index (χ0n) is 19.1. The smallest absolute Gasteiger partial charge is 0.229 e. The molecule has 9 nitrogen and oxygen atoms in total. The Labute approximate surface area is 186 Å². The summed E-state index contributed by atoms with van der Waals surface area (Å²) in [7, 11) is 1.96. The highest BCUT2D eigenvalue weighted by Crippen LogP contribution is 2.32. The normalized spacial score (nSPS) is 14.7. The molecule has 0 spiro atoms. The van der Waals surface area contributed by atoms with E-state index in [9.17, 15) is 0 Å². The lowest BCUT2D eigenvalue weighted by atomic mass is 9.86. The minimum absolute atomic E-state index is 0.0633. The first-order valence-electron chi connectivity index (χ1n) is 10.8. The summed E-state index contributed by atoms with van der Waals surface area (Å²) < 4.78 is 7.23. The van der Waals surface area contributed by atoms with Crippen LogP contribution in [0.25, 0.3) is 11.2 Å². The van der Waals surface area contributed by atoms with Gasteiger partial charge in [0.1, 0.15) is 5.52 Å². The number of aryl methyl sites for hydroxylation is 2. The number of nitrogens with one attached hydrogen (secondary N) is 1. The molecule has 5 rings (SSSR count). The number of hydrogen-bond acceptors (Lipinski definition) is 8. The maximum atomic E-state index is 5.28. The molecule has 32 heavy (non-hydrogen) atoms. The Bertz CT molecular complexity index is 1250. The molecule has 0 atom stereocenters. The highest BCUT2D eigenvalue weighted by molar-refractivity contribution is 5.87. The summed E-state index contributed by atoms with van der Waals surface area (Å²) in [6.45, 7) is 10.5. The van der Waals surface area contributed by atoms with E-state index < -0.39 is 0 Å². The molecule has 1 aliphatic heterocycles. The van der Waals surface area contributed by atoms with Crippen LogP contribution in [0.1, 0.15) is 37.8 Å². The number of aromatic nitrogens is 6. The average Bonchev–Trinajstić information content (AvgIpc) is 3.35. The van der Waals surface area contributed by atoms with E-state index in [0.29, 0.717) is 23.4 Å². The standard InChI is InChI=1S/C23H28N8O/c1-14-6-7-16(23(2,3)4)9-17(14)26-21-19-20(24-12-30(19)5)27-22(28-21)31-10-15(11-31)8-18-29-25-13-32-18/h6-7,9,12-13,15H,8,10-11H2,1-5H3,(H,26,27,28). The molecule has 1 aliphatic rings. The van der Waals surface area contributed by atoms with E-state index in [1.165, 1.54) is 12.0 Å². The molecule has 3 aromatic heterocycles. The number of imidazole rings is 1. The number of rotatable bonds is 5. The summed E-state index contributed by atoms with van der Waals surface area (Å²) in [4.78, 5) is 16.3. The van der Waals surface area contributed by atoms with Gasteiger partial charge >= 0.3 is 0 Å². The first-order valence-corrected chi connectivity index (χ1v) is 10.8. The van der Waals surface area contributed by atoms with Gasteiger partial charge in [0.2, 0.25) is 18.2 Å². The van der Waals surface area contributed by atoms with Crippen LogP contribution in [0.5, 0.6) is 0 Å². The molecule has 1 saturated heterocycles. The van der Waals surface area contributed by atoms with Gasteiger partial charge in [0.25, 0.3) is 0 Å². The van der Waals surface area contributed by atoms with E-state index in [1.54, 1.807) is 6.33 Å². The average molecular weight is 433 g/mol. The Balaban J connectivity index is 1.44. The minimum Gasteiger partial charge on any atom is -0.428 e. The van der Waals surface area contributed by atoms with Gasteiger partial charge in [-0.05, 0) is 29.5 Å². The molecular formula is C23H28N8O. The third-order valence-corrected chi connectivity index (χ3v) is 6.02. The molecular weight excluding hydrogens is 404 g/mol. The predicted octanol–water partition coefficient (Wildman–Crippen LogP) is 3.77. The van der Waals surface area contributed by atoms with Gasteiger partial charge in [-0.15, -0.1) is 10.2 Å². The summed E-state index contributed by atoms with van der Waals surface area (Å²) in [5.41, 5.74) is 5.11. The van der Waals surface area contributed by atoms with Gasteiger partial charge in [-0.2, -0.15) is 9.97 Å². The lowest BCUT2D eigenvalue weighted by Crippen LogP contribution is -2.48. The topological polar surface area (TPSA) is 97.8 Å². The molecule has 1 N–H and O–H groups in total. The molecule has 9 heteroatoms. The number of hydrogen-bond donors (Lipinski definition) is 1. The van der Waals surface area contributed by atoms with Crippen LogP contribution in [-0.4, -0.2) is 42.8 Å². The van der Waals surface area contributed by atoms with E-state index in [1.807, 2.05) is 11.6 Å². The van der Waals surface area contributed by atoms with Gasteiger partial charge < -0.3 is 19.2 Å². The molecule has 166 valence electrons. The van der Waals surface area contributed by atoms with Gasteiger partial charge in [-0.3, -0.25) is 0 Å². The largest absolute Gasteiger partial charge is 0.428 e. The molecule has 4 heterocycles. The van der Waals surface area contributed by atoms with Crippen LogP contribution in [0.15, 0.2) is 35.3 Å². The lowest BCUT2D eigenvalue weighted by Gasteiger charge is -2.38. The quantitative estimate of drug-likeness (QED) is 0.509. The van der Waals surface area contributed by atoms with E-state index in [2.05, 4.69) is 71.3 Å². The van der Waals surface area contributed by atoms with Crippen molar-refractivity contribution in [1.29, 1.82) is 0 Å². The van der Waals surface area contributed by atoms with Crippen molar-refractivity contribution in [3.63, 3.8) is 0 Å². The highest BCUT2D eigenvalue weighted by Gasteiger charge is 2.31. The van der Waals surface area contributed by atoms with Crippen LogP contribution in [0.3, 0.4) is 0 Å². The molecule has 0 bridgehead atoms. The van der Waals surface area contributed by atoms with Crippen molar-refractivity contribution in [2.24, 2.45) is 13.0 Å². The molecule has 1 aromatic carbocycles. The predicted molar refractivity (Wildman–Crippen MR) is 123 cm³/mol. The number of benzene rings is 1. The molecule has 0 radical (unpaired) electrons. The van der Waals surface area contributed by atoms with Crippen molar-refractivity contribution in [3.8, 4) is 0 Å². The second kappa shape index (κ2) is 7.58. The lowest BCUT2D eigenvalue weighted by molar-refractivity contribution is 0.360. The summed E-state index contributed by atoms with van der Waals surface area (Å²) in [5.74, 6) is 2.57. The Kier molecular flexibility index (Phi) is 4.83. The fraction of sp³-hybridized carbons (Fsp3) is 0.435. The van der Waals surface area contributed by atoms with Crippen molar-refractivity contribution in [2.75, 3.05) is 23.3 Å². The van der Waals surface area contributed by atoms with Crippen molar-refractivity contribution >= 4 is 28.6 Å². The molecule has 1 fully saturated rings. The van der Waals surface area contributed by atoms with Gasteiger partial charge in [-0.25, -0.2) is 4.98 Å². The zero-order valence-corrected chi connectivity index (χ0v) is 19.1. The van der Waals surface area contributed by atoms with E-state index in [4.69, 9.17) is 14.4 Å². The van der Waals surface area contributed by atoms with Crippen LogP contribution in [0.4, 0.5) is 17.5 Å². The Morgan fingerprint density at radius 2 is 2.00 bits per heavy atom. The van der Waals surface area contributed by atoms with Crippen LogP contribution in [-0.2, 0) is 18.9 Å². The fourth-order valence-electron chi connectivity index (χ4n) is 4.02. The van der Waals surface area contributed by atoms with Gasteiger partial charge in [-0.1, -0.05) is 32.9 Å². The van der Waals surface area contributed by atoms with E-state index >= 15 is 0 Å². The SMILES string of the molecule is Cc1ccc(C(C)(C)C)cc1Nc1nc(N2CC(Cc3nnco3)C2)nc2ncn(C)c12. The number of nitrogens with zero attached hydrogens (tertiary/aromatic N) is 7. The summed E-state index contributed by atoms with van der Waals surface area (Å²) >= 11 is 0. The molecule has 0 unspecified atom stereocenters. The third kappa shape index (κ3) is 3.79. The molecule has 0 saturated carbocycles. The Morgan fingerprint density at radius 3 is 2.72 bits per heavy atom. The second-order valence-electron chi connectivity index (χ2n) is 9.61. The van der Waals surface area contributed by atoms with Crippen molar-refractivity contribution in [3.05, 3.63) is 47.9 Å². The van der Waals surface area contributed by atoms with Gasteiger partial charge in [0, 0.05) is 38.2 Å². The summed E-state index contributed by atoms with van der Waals surface area (Å²) in [6.07, 6.45) is 3.92. The molecule has 0 amide bonds. The van der Waals surface area contributed by atoms with Gasteiger partial charge in [0.05, 0.1) is 6.33 Å². The van der Waals surface area contributed by atoms with Crippen LogP contribution < -0.4 is 10.2 Å². The molecule has 4 aromatic rings. The first kappa shape index (κ1) is 20.4. The first-order chi connectivity index (χ1) is 15.3. The van der Waals surface area contributed by atoms with Crippen LogP contribution >= 0.6 is 0 Å². The highest BCUT2D eigenvalue weighted by atomic mass is 16.4. The maximum absolute atomic E-state index is 5.28. The zero-order chi connectivity index (χ0) is 22.5. The van der Waals surface area contributed by atoms with Crippen molar-refractivity contribution < 1.29 is 4.42 Å². The van der Waals surface area contributed by atoms with E-state index in [0.717, 1.165) is 42.1 Å². The molecule has 0 aliphatic carbocycles. The van der Waals surface area contributed by atoms with E-state index in [-0.39, 0.29) is 5.41 Å². The maximum Gasteiger partial charge on any atom is 0.229 e. The fourth-order valence-corrected chi connectivity index (χ4v) is 4.02. The number of anilines is 3. The van der Waals surface area contributed by atoms with Crippen molar-refractivity contribution in [1.82, 2.24) is 29.7 Å². The third-order valence-electron chi connectivity index (χ3n) is 6.02. The van der Waals surface area contributed by atoms with Gasteiger partial charge in [0.15, 0.2) is 11.5 Å². The Morgan fingerprint density at radius 1 is 1.19 bits per heavy atom. The minimum atomic E-state index is 0.0633.